The first-order valence-corrected chi connectivity index (χ1v) is 8.72. The number of hydrogen-bond donors (Lipinski definition) is 0. The molecule has 1 saturated heterocycles. The van der Waals surface area contributed by atoms with Crippen molar-refractivity contribution in [1.29, 1.82) is 5.26 Å². The number of aryl methyl sites for hydroxylation is 1. The third-order valence-corrected chi connectivity index (χ3v) is 4.83. The highest BCUT2D eigenvalue weighted by Crippen LogP contribution is 2.20. The lowest BCUT2D eigenvalue weighted by molar-refractivity contribution is 0.0770. The zero-order valence-corrected chi connectivity index (χ0v) is 14.3. The summed E-state index contributed by atoms with van der Waals surface area (Å²) >= 11 is 1.16. The summed E-state index contributed by atoms with van der Waals surface area (Å²) in [6.07, 6.45) is 3.23. The SMILES string of the molecule is CCc1nnsc1C(=O)N1CCCN(c2ncccc2C#N)CC1. The van der Waals surface area contributed by atoms with Crippen LogP contribution in [-0.2, 0) is 6.42 Å². The van der Waals surface area contributed by atoms with Crippen molar-refractivity contribution in [3.63, 3.8) is 0 Å². The minimum atomic E-state index is 0.00484. The van der Waals surface area contributed by atoms with Crippen molar-refractivity contribution in [3.8, 4) is 6.07 Å². The number of nitrogens with zero attached hydrogens (tertiary/aromatic N) is 6. The van der Waals surface area contributed by atoms with Crippen molar-refractivity contribution in [1.82, 2.24) is 19.5 Å². The second kappa shape index (κ2) is 7.36. The van der Waals surface area contributed by atoms with Gasteiger partial charge < -0.3 is 9.80 Å². The van der Waals surface area contributed by atoms with Crippen LogP contribution in [0.3, 0.4) is 0 Å². The highest BCUT2D eigenvalue weighted by molar-refractivity contribution is 7.08. The minimum Gasteiger partial charge on any atom is -0.354 e. The number of nitriles is 1. The molecule has 3 heterocycles. The van der Waals surface area contributed by atoms with Crippen molar-refractivity contribution in [3.05, 3.63) is 34.5 Å². The standard InChI is InChI=1S/C16H18N6OS/c1-2-13-14(24-20-19-13)16(23)22-8-4-7-21(9-10-22)15-12(11-17)5-3-6-18-15/h3,5-6H,2,4,7-10H2,1H3. The molecule has 8 heteroatoms. The smallest absolute Gasteiger partial charge is 0.267 e. The molecule has 24 heavy (non-hydrogen) atoms. The second-order valence-electron chi connectivity index (χ2n) is 5.52. The molecule has 1 amide bonds. The average Bonchev–Trinajstić information content (AvgIpc) is 2.97. The van der Waals surface area contributed by atoms with Crippen LogP contribution in [0, 0.1) is 11.3 Å². The normalized spacial score (nSPS) is 15.0. The van der Waals surface area contributed by atoms with Gasteiger partial charge in [0.05, 0.1) is 11.3 Å². The molecule has 0 aromatic carbocycles. The molecular weight excluding hydrogens is 324 g/mol. The molecule has 7 nitrogen and oxygen atoms in total. The third kappa shape index (κ3) is 3.21. The van der Waals surface area contributed by atoms with Crippen molar-refractivity contribution in [2.45, 2.75) is 19.8 Å². The Kier molecular flexibility index (Phi) is 5.01. The van der Waals surface area contributed by atoms with Crippen LogP contribution in [0.25, 0.3) is 0 Å². The molecule has 1 fully saturated rings. The molecule has 2 aromatic rings. The molecular formula is C16H18N6OS. The predicted octanol–water partition coefficient (Wildman–Crippen LogP) is 1.72. The molecule has 0 radical (unpaired) electrons. The third-order valence-electron chi connectivity index (χ3n) is 4.07. The topological polar surface area (TPSA) is 86.0 Å². The lowest BCUT2D eigenvalue weighted by atomic mass is 10.2. The Hall–Kier alpha value is -2.53. The summed E-state index contributed by atoms with van der Waals surface area (Å²) in [6, 6.07) is 5.72. The van der Waals surface area contributed by atoms with E-state index in [0.717, 1.165) is 30.2 Å². The van der Waals surface area contributed by atoms with Gasteiger partial charge >= 0.3 is 0 Å². The van der Waals surface area contributed by atoms with E-state index in [2.05, 4.69) is 25.5 Å². The Morgan fingerprint density at radius 2 is 2.25 bits per heavy atom. The summed E-state index contributed by atoms with van der Waals surface area (Å²) < 4.78 is 3.91. The Balaban J connectivity index is 1.74. The maximum absolute atomic E-state index is 12.7. The zero-order chi connectivity index (χ0) is 16.9. The van der Waals surface area contributed by atoms with Gasteiger partial charge in [-0.1, -0.05) is 11.4 Å². The van der Waals surface area contributed by atoms with Crippen LogP contribution < -0.4 is 4.90 Å². The number of amides is 1. The van der Waals surface area contributed by atoms with Gasteiger partial charge in [-0.15, -0.1) is 5.10 Å². The van der Waals surface area contributed by atoms with Crippen LogP contribution in [0.5, 0.6) is 0 Å². The molecule has 0 saturated carbocycles. The van der Waals surface area contributed by atoms with Crippen molar-refractivity contribution >= 4 is 23.3 Å². The van der Waals surface area contributed by atoms with Gasteiger partial charge in [0, 0.05) is 32.4 Å². The maximum atomic E-state index is 12.7. The number of pyridine rings is 1. The maximum Gasteiger partial charge on any atom is 0.267 e. The van der Waals surface area contributed by atoms with Gasteiger partial charge in [-0.3, -0.25) is 4.79 Å². The van der Waals surface area contributed by atoms with Crippen molar-refractivity contribution < 1.29 is 4.79 Å². The molecule has 0 spiro atoms. The largest absolute Gasteiger partial charge is 0.354 e. The molecule has 124 valence electrons. The van der Waals surface area contributed by atoms with E-state index >= 15 is 0 Å². The van der Waals surface area contributed by atoms with E-state index in [9.17, 15) is 10.1 Å². The Bertz CT molecular complexity index is 768. The van der Waals surface area contributed by atoms with E-state index in [1.165, 1.54) is 0 Å². The van der Waals surface area contributed by atoms with Gasteiger partial charge in [0.1, 0.15) is 16.8 Å². The molecule has 1 aliphatic heterocycles. The molecule has 0 atom stereocenters. The summed E-state index contributed by atoms with van der Waals surface area (Å²) in [4.78, 5) is 21.6. The van der Waals surface area contributed by atoms with Crippen LogP contribution in [0.2, 0.25) is 0 Å². The lowest BCUT2D eigenvalue weighted by Crippen LogP contribution is -2.35. The highest BCUT2D eigenvalue weighted by atomic mass is 32.1. The first-order valence-electron chi connectivity index (χ1n) is 7.95. The van der Waals surface area contributed by atoms with Gasteiger partial charge in [-0.05, 0) is 36.5 Å². The van der Waals surface area contributed by atoms with E-state index in [1.54, 1.807) is 18.3 Å². The van der Waals surface area contributed by atoms with Gasteiger partial charge in [-0.2, -0.15) is 5.26 Å². The number of anilines is 1. The molecule has 3 rings (SSSR count). The quantitative estimate of drug-likeness (QED) is 0.844. The molecule has 1 aliphatic rings. The van der Waals surface area contributed by atoms with E-state index in [0.29, 0.717) is 42.3 Å². The monoisotopic (exact) mass is 342 g/mol. The predicted molar refractivity (Wildman–Crippen MR) is 91.0 cm³/mol. The number of carbonyl (C=O) groups is 1. The second-order valence-corrected chi connectivity index (χ2v) is 6.28. The van der Waals surface area contributed by atoms with Crippen LogP contribution in [0.4, 0.5) is 5.82 Å². The molecule has 0 aliphatic carbocycles. The van der Waals surface area contributed by atoms with E-state index in [-0.39, 0.29) is 5.91 Å². The summed E-state index contributed by atoms with van der Waals surface area (Å²) in [5.74, 6) is 0.702. The molecule has 2 aromatic heterocycles. The van der Waals surface area contributed by atoms with Crippen LogP contribution in [0.1, 0.15) is 34.3 Å². The number of carbonyl (C=O) groups excluding carboxylic acids is 1. The van der Waals surface area contributed by atoms with Gasteiger partial charge in [0.2, 0.25) is 0 Å². The lowest BCUT2D eigenvalue weighted by Gasteiger charge is -2.23. The fraction of sp³-hybridized carbons (Fsp3) is 0.438. The van der Waals surface area contributed by atoms with E-state index < -0.39 is 0 Å². The Labute approximate surface area is 144 Å². The van der Waals surface area contributed by atoms with Crippen molar-refractivity contribution in [2.24, 2.45) is 0 Å². The van der Waals surface area contributed by atoms with Crippen LogP contribution >= 0.6 is 11.5 Å². The summed E-state index contributed by atoms with van der Waals surface area (Å²) in [6.45, 7) is 4.69. The van der Waals surface area contributed by atoms with Gasteiger partial charge in [0.25, 0.3) is 5.91 Å². The van der Waals surface area contributed by atoms with Crippen LogP contribution in [-0.4, -0.2) is 51.6 Å². The molecule has 0 N–H and O–H groups in total. The van der Waals surface area contributed by atoms with Gasteiger partial charge in [-0.25, -0.2) is 4.98 Å². The zero-order valence-electron chi connectivity index (χ0n) is 13.5. The number of rotatable bonds is 3. The first kappa shape index (κ1) is 16.3. The fourth-order valence-electron chi connectivity index (χ4n) is 2.81. The summed E-state index contributed by atoms with van der Waals surface area (Å²) in [5, 5.41) is 13.3. The summed E-state index contributed by atoms with van der Waals surface area (Å²) in [5.41, 5.74) is 1.33. The molecule has 0 unspecified atom stereocenters. The van der Waals surface area contributed by atoms with E-state index in [1.807, 2.05) is 11.8 Å². The van der Waals surface area contributed by atoms with Crippen LogP contribution in [0.15, 0.2) is 18.3 Å². The Morgan fingerprint density at radius 1 is 1.38 bits per heavy atom. The summed E-state index contributed by atoms with van der Waals surface area (Å²) in [7, 11) is 0. The minimum absolute atomic E-state index is 0.00484. The first-order chi connectivity index (χ1) is 11.7. The van der Waals surface area contributed by atoms with Crippen molar-refractivity contribution in [2.75, 3.05) is 31.1 Å². The average molecular weight is 342 g/mol. The van der Waals surface area contributed by atoms with Gasteiger partial charge in [0.15, 0.2) is 0 Å². The highest BCUT2D eigenvalue weighted by Gasteiger charge is 2.25. The van der Waals surface area contributed by atoms with E-state index in [4.69, 9.17) is 0 Å². The molecule has 0 bridgehead atoms. The number of hydrogen-bond acceptors (Lipinski definition) is 7. The Morgan fingerprint density at radius 3 is 3.04 bits per heavy atom. The fourth-order valence-corrected chi connectivity index (χ4v) is 3.53. The number of aromatic nitrogens is 3.